The van der Waals surface area contributed by atoms with Gasteiger partial charge in [0.2, 0.25) is 0 Å². The molecular weight excluding hydrogens is 387 g/mol. The monoisotopic (exact) mass is 426 g/mol. The normalized spacial score (nSPS) is 12.9. The van der Waals surface area contributed by atoms with Crippen LogP contribution in [-0.4, -0.2) is 19.4 Å². The molecule has 1 nitrogen and oxygen atoms in total. The second-order valence-electron chi connectivity index (χ2n) is 7.83. The van der Waals surface area contributed by atoms with Gasteiger partial charge in [-0.15, -0.1) is 0 Å². The first-order valence-electron chi connectivity index (χ1n) is 9.01. The number of rotatable bonds is 13. The first-order chi connectivity index (χ1) is 9.81. The van der Waals surface area contributed by atoms with Crippen molar-refractivity contribution in [1.29, 1.82) is 0 Å². The molecule has 0 spiro atoms. The van der Waals surface area contributed by atoms with Crippen molar-refractivity contribution < 1.29 is 4.43 Å². The third-order valence-electron chi connectivity index (χ3n) is 4.80. The van der Waals surface area contributed by atoms with Crippen molar-refractivity contribution in [3.63, 3.8) is 0 Å². The predicted molar refractivity (Wildman–Crippen MR) is 108 cm³/mol. The maximum absolute atomic E-state index is 6.21. The summed E-state index contributed by atoms with van der Waals surface area (Å²) in [6.07, 6.45) is 14.1. The van der Waals surface area contributed by atoms with Gasteiger partial charge in [0.25, 0.3) is 0 Å². The van der Waals surface area contributed by atoms with Crippen LogP contribution in [0, 0.1) is 0 Å². The Kier molecular flexibility index (Phi) is 12.9. The Morgan fingerprint density at radius 1 is 0.714 bits per heavy atom. The molecule has 0 aliphatic rings. The van der Waals surface area contributed by atoms with E-state index in [1.165, 1.54) is 68.6 Å². The summed E-state index contributed by atoms with van der Waals surface area (Å²) in [6, 6.07) is 0. The van der Waals surface area contributed by atoms with E-state index in [1.807, 2.05) is 0 Å². The second kappa shape index (κ2) is 12.3. The van der Waals surface area contributed by atoms with Crippen molar-refractivity contribution in [2.75, 3.05) is 11.0 Å². The molecule has 0 fully saturated rings. The lowest BCUT2D eigenvalue weighted by molar-refractivity contribution is 0.277. The van der Waals surface area contributed by atoms with Crippen molar-refractivity contribution in [1.82, 2.24) is 0 Å². The van der Waals surface area contributed by atoms with Gasteiger partial charge in [0.1, 0.15) is 0 Å². The average Bonchev–Trinajstić information content (AvgIpc) is 2.38. The average molecular weight is 426 g/mol. The zero-order valence-corrected chi connectivity index (χ0v) is 18.4. The fourth-order valence-corrected chi connectivity index (χ4v) is 3.78. The van der Waals surface area contributed by atoms with Gasteiger partial charge in [-0.05, 0) is 35.4 Å². The molecule has 0 bridgehead atoms. The minimum atomic E-state index is -1.50. The fourth-order valence-electron chi connectivity index (χ4n) is 2.15. The van der Waals surface area contributed by atoms with Crippen molar-refractivity contribution in [3.8, 4) is 0 Å². The largest absolute Gasteiger partial charge is 0.417 e. The lowest BCUT2D eigenvalue weighted by Gasteiger charge is -2.36. The van der Waals surface area contributed by atoms with E-state index in [9.17, 15) is 0 Å². The molecule has 0 rings (SSSR count). The predicted octanol–water partition coefficient (Wildman–Crippen LogP) is 7.34. The molecule has 0 N–H and O–H groups in total. The number of hydrogen-bond acceptors (Lipinski definition) is 1. The van der Waals surface area contributed by atoms with Gasteiger partial charge in [-0.2, -0.15) is 0 Å². The molecule has 0 aromatic carbocycles. The summed E-state index contributed by atoms with van der Waals surface area (Å²) >= 11 is 2.48. The summed E-state index contributed by atoms with van der Waals surface area (Å²) in [6.45, 7) is 12.6. The number of halogens is 1. The third-order valence-corrected chi connectivity index (χ3v) is 10.1. The molecule has 0 unspecified atom stereocenters. The molecular formula is C18H39IOSi. The smallest absolute Gasteiger partial charge is 0.191 e. The molecule has 0 aromatic heterocycles. The molecule has 128 valence electrons. The van der Waals surface area contributed by atoms with Gasteiger partial charge in [-0.3, -0.25) is 0 Å². The van der Waals surface area contributed by atoms with Crippen LogP contribution in [0.5, 0.6) is 0 Å². The zero-order chi connectivity index (χ0) is 16.2. The van der Waals surface area contributed by atoms with E-state index in [0.717, 1.165) is 6.61 Å². The summed E-state index contributed by atoms with van der Waals surface area (Å²) < 4.78 is 7.54. The molecule has 21 heavy (non-hydrogen) atoms. The standard InChI is InChI=1S/C18H39IOSi/c1-18(2,3)21(4,5)20-17-15-13-11-9-7-6-8-10-12-14-16-19/h6-17H2,1-5H3. The molecule has 0 amide bonds. The maximum Gasteiger partial charge on any atom is 0.191 e. The first kappa shape index (κ1) is 21.9. The van der Waals surface area contributed by atoms with E-state index in [0.29, 0.717) is 5.04 Å². The number of unbranched alkanes of at least 4 members (excludes halogenated alkanes) is 9. The topological polar surface area (TPSA) is 9.23 Å². The minimum absolute atomic E-state index is 0.351. The van der Waals surface area contributed by atoms with E-state index in [2.05, 4.69) is 56.5 Å². The highest BCUT2D eigenvalue weighted by Gasteiger charge is 2.36. The Hall–Kier alpha value is 0.907. The Balaban J connectivity index is 3.30. The van der Waals surface area contributed by atoms with Crippen LogP contribution in [-0.2, 0) is 4.43 Å². The van der Waals surface area contributed by atoms with Crippen molar-refractivity contribution in [2.24, 2.45) is 0 Å². The van der Waals surface area contributed by atoms with Gasteiger partial charge >= 0.3 is 0 Å². The van der Waals surface area contributed by atoms with Gasteiger partial charge in [-0.1, -0.05) is 94.7 Å². The highest BCUT2D eigenvalue weighted by molar-refractivity contribution is 14.1. The summed E-state index contributed by atoms with van der Waals surface area (Å²) in [5.74, 6) is 0. The van der Waals surface area contributed by atoms with Gasteiger partial charge in [0.05, 0.1) is 0 Å². The van der Waals surface area contributed by atoms with E-state index >= 15 is 0 Å². The van der Waals surface area contributed by atoms with Gasteiger partial charge in [0.15, 0.2) is 8.32 Å². The van der Waals surface area contributed by atoms with Crippen LogP contribution in [0.15, 0.2) is 0 Å². The molecule has 0 atom stereocenters. The van der Waals surface area contributed by atoms with Gasteiger partial charge in [-0.25, -0.2) is 0 Å². The number of hydrogen-bond donors (Lipinski definition) is 0. The molecule has 0 saturated heterocycles. The molecule has 0 radical (unpaired) electrons. The van der Waals surface area contributed by atoms with Crippen LogP contribution in [0.1, 0.15) is 85.0 Å². The zero-order valence-electron chi connectivity index (χ0n) is 15.3. The fraction of sp³-hybridized carbons (Fsp3) is 1.00. The van der Waals surface area contributed by atoms with Gasteiger partial charge < -0.3 is 4.43 Å². The van der Waals surface area contributed by atoms with Crippen LogP contribution in [0.4, 0.5) is 0 Å². The Labute approximate surface area is 149 Å². The molecule has 0 aromatic rings. The molecule has 0 heterocycles. The Morgan fingerprint density at radius 2 is 1.10 bits per heavy atom. The molecule has 0 aliphatic heterocycles. The lowest BCUT2D eigenvalue weighted by atomic mass is 10.1. The van der Waals surface area contributed by atoms with Crippen LogP contribution in [0.3, 0.4) is 0 Å². The van der Waals surface area contributed by atoms with E-state index in [4.69, 9.17) is 4.43 Å². The summed E-state index contributed by atoms with van der Waals surface area (Å²) in [4.78, 5) is 0. The van der Waals surface area contributed by atoms with Crippen molar-refractivity contribution in [3.05, 3.63) is 0 Å². The molecule has 0 saturated carbocycles. The van der Waals surface area contributed by atoms with Crippen molar-refractivity contribution >= 4 is 30.9 Å². The van der Waals surface area contributed by atoms with Gasteiger partial charge in [0, 0.05) is 6.61 Å². The van der Waals surface area contributed by atoms with Crippen molar-refractivity contribution in [2.45, 2.75) is 103 Å². The third kappa shape index (κ3) is 12.0. The highest BCUT2D eigenvalue weighted by Crippen LogP contribution is 2.36. The van der Waals surface area contributed by atoms with Crippen LogP contribution in [0.25, 0.3) is 0 Å². The molecule has 3 heteroatoms. The second-order valence-corrected chi connectivity index (χ2v) is 13.7. The van der Waals surface area contributed by atoms with E-state index in [-0.39, 0.29) is 0 Å². The van der Waals surface area contributed by atoms with Crippen LogP contribution < -0.4 is 0 Å². The minimum Gasteiger partial charge on any atom is -0.417 e. The Morgan fingerprint density at radius 3 is 1.48 bits per heavy atom. The maximum atomic E-state index is 6.21. The van der Waals surface area contributed by atoms with Crippen LogP contribution >= 0.6 is 22.6 Å². The SMILES string of the molecule is CC(C)(C)[Si](C)(C)OCCCCCCCCCCCCI. The summed E-state index contributed by atoms with van der Waals surface area (Å²) in [7, 11) is -1.50. The summed E-state index contributed by atoms with van der Waals surface area (Å²) in [5.41, 5.74) is 0. The van der Waals surface area contributed by atoms with E-state index < -0.39 is 8.32 Å². The quantitative estimate of drug-likeness (QED) is 0.130. The Bertz CT molecular complexity index is 236. The summed E-state index contributed by atoms with van der Waals surface area (Å²) in [5, 5.41) is 0.351. The van der Waals surface area contributed by atoms with Crippen LogP contribution in [0.2, 0.25) is 18.1 Å². The highest BCUT2D eigenvalue weighted by atomic mass is 127. The number of alkyl halides is 1. The van der Waals surface area contributed by atoms with E-state index in [1.54, 1.807) is 0 Å². The first-order valence-corrected chi connectivity index (χ1v) is 13.4. The molecule has 0 aliphatic carbocycles. The lowest BCUT2D eigenvalue weighted by Crippen LogP contribution is -2.40.